The maximum absolute atomic E-state index is 13.5. The summed E-state index contributed by atoms with van der Waals surface area (Å²) in [7, 11) is 3.63. The Kier molecular flexibility index (Phi) is 4.31. The van der Waals surface area contributed by atoms with Crippen LogP contribution in [0, 0.1) is 0 Å². The van der Waals surface area contributed by atoms with Crippen LogP contribution in [0.1, 0.15) is 16.1 Å². The van der Waals surface area contributed by atoms with Crippen molar-refractivity contribution in [3.63, 3.8) is 0 Å². The molecule has 0 radical (unpaired) electrons. The van der Waals surface area contributed by atoms with Crippen LogP contribution >= 0.6 is 11.6 Å². The summed E-state index contributed by atoms with van der Waals surface area (Å²) in [5, 5.41) is 8.71. The van der Waals surface area contributed by atoms with Crippen molar-refractivity contribution < 1.29 is 23.1 Å². The second-order valence-electron chi connectivity index (χ2n) is 5.83. The summed E-state index contributed by atoms with van der Waals surface area (Å²) in [6, 6.07) is 7.88. The fourth-order valence-electron chi connectivity index (χ4n) is 2.58. The number of carboxylic acids is 1. The van der Waals surface area contributed by atoms with E-state index in [0.29, 0.717) is 5.56 Å². The smallest absolute Gasteiger partial charge is 0.420 e. The predicted molar refractivity (Wildman–Crippen MR) is 91.9 cm³/mol. The molecule has 0 fully saturated rings. The normalized spacial score (nSPS) is 11.8. The number of rotatable bonds is 3. The molecule has 2 heterocycles. The number of alkyl halides is 3. The fraction of sp³-hybridized carbons (Fsp3) is 0.176. The number of hydrogen-bond donors (Lipinski definition) is 1. The molecule has 0 atom stereocenters. The van der Waals surface area contributed by atoms with Crippen LogP contribution in [0.3, 0.4) is 0 Å². The highest BCUT2D eigenvalue weighted by Gasteiger charge is 2.36. The van der Waals surface area contributed by atoms with Gasteiger partial charge in [-0.05, 0) is 29.3 Å². The minimum Gasteiger partial charge on any atom is -0.476 e. The molecule has 0 aliphatic heterocycles. The first-order valence-electron chi connectivity index (χ1n) is 7.39. The van der Waals surface area contributed by atoms with Crippen molar-refractivity contribution in [1.29, 1.82) is 0 Å². The zero-order valence-electron chi connectivity index (χ0n) is 13.7. The molecule has 0 saturated carbocycles. The van der Waals surface area contributed by atoms with Crippen LogP contribution in [0.15, 0.2) is 36.5 Å². The summed E-state index contributed by atoms with van der Waals surface area (Å²) in [5.74, 6) is -1.50. The van der Waals surface area contributed by atoms with Crippen LogP contribution in [0.4, 0.5) is 18.9 Å². The number of aromatic carboxylic acids is 1. The second kappa shape index (κ2) is 6.21. The predicted octanol–water partition coefficient (Wildman–Crippen LogP) is 4.44. The Bertz CT molecular complexity index is 1010. The summed E-state index contributed by atoms with van der Waals surface area (Å²) in [6.45, 7) is 0. The zero-order chi connectivity index (χ0) is 19.2. The van der Waals surface area contributed by atoms with E-state index < -0.39 is 29.1 Å². The lowest BCUT2D eigenvalue weighted by Gasteiger charge is -2.15. The Morgan fingerprint density at radius 2 is 1.92 bits per heavy atom. The van der Waals surface area contributed by atoms with Gasteiger partial charge in [-0.3, -0.25) is 4.40 Å². The number of pyridine rings is 1. The number of halogens is 4. The molecule has 1 aromatic carbocycles. The standard InChI is InChI=1S/C17H13ClF3N3O2/c1-23(2)11-5-3-4-9(6-11)10-7-12(17(19,20)21)15-22-13(16(25)26)14(18)24(15)8-10/h3-8H,1-2H3,(H,25,26). The Hall–Kier alpha value is -2.74. The molecule has 0 amide bonds. The molecule has 3 rings (SSSR count). The first-order valence-corrected chi connectivity index (χ1v) is 7.77. The van der Waals surface area contributed by atoms with Crippen LogP contribution in [0.25, 0.3) is 16.8 Å². The number of carbonyl (C=O) groups is 1. The van der Waals surface area contributed by atoms with Gasteiger partial charge in [0, 0.05) is 26.0 Å². The molecule has 0 aliphatic rings. The summed E-state index contributed by atoms with van der Waals surface area (Å²) in [5.41, 5.74) is -0.655. The van der Waals surface area contributed by atoms with Gasteiger partial charge in [-0.15, -0.1) is 0 Å². The van der Waals surface area contributed by atoms with E-state index >= 15 is 0 Å². The molecule has 0 spiro atoms. The van der Waals surface area contributed by atoms with Crippen molar-refractivity contribution in [2.75, 3.05) is 19.0 Å². The molecule has 2 aromatic heterocycles. The van der Waals surface area contributed by atoms with Crippen molar-refractivity contribution in [2.24, 2.45) is 0 Å². The topological polar surface area (TPSA) is 57.8 Å². The number of hydrogen-bond acceptors (Lipinski definition) is 3. The third kappa shape index (κ3) is 3.08. The first-order chi connectivity index (χ1) is 12.1. The Morgan fingerprint density at radius 3 is 2.50 bits per heavy atom. The van der Waals surface area contributed by atoms with Gasteiger partial charge in [0.25, 0.3) is 0 Å². The zero-order valence-corrected chi connectivity index (χ0v) is 14.4. The molecule has 0 unspecified atom stereocenters. The maximum atomic E-state index is 13.5. The van der Waals surface area contributed by atoms with Crippen LogP contribution in [0.5, 0.6) is 0 Å². The van der Waals surface area contributed by atoms with E-state index in [0.717, 1.165) is 16.2 Å². The van der Waals surface area contributed by atoms with Crippen LogP contribution in [-0.2, 0) is 6.18 Å². The molecule has 0 saturated heterocycles. The monoisotopic (exact) mass is 383 g/mol. The van der Waals surface area contributed by atoms with Crippen molar-refractivity contribution in [3.05, 3.63) is 52.9 Å². The number of anilines is 1. The number of benzene rings is 1. The van der Waals surface area contributed by atoms with E-state index in [-0.39, 0.29) is 10.7 Å². The third-order valence-electron chi connectivity index (χ3n) is 3.87. The molecular formula is C17H13ClF3N3O2. The molecule has 26 heavy (non-hydrogen) atoms. The average Bonchev–Trinajstić information content (AvgIpc) is 2.90. The largest absolute Gasteiger partial charge is 0.476 e. The summed E-state index contributed by atoms with van der Waals surface area (Å²) < 4.78 is 41.5. The summed E-state index contributed by atoms with van der Waals surface area (Å²) >= 11 is 5.96. The van der Waals surface area contributed by atoms with Gasteiger partial charge in [0.15, 0.2) is 11.3 Å². The van der Waals surface area contributed by atoms with Crippen molar-refractivity contribution >= 4 is 28.9 Å². The average molecular weight is 384 g/mol. The third-order valence-corrected chi connectivity index (χ3v) is 4.23. The number of nitrogens with zero attached hydrogens (tertiary/aromatic N) is 3. The number of carboxylic acid groups (broad SMARTS) is 1. The van der Waals surface area contributed by atoms with Gasteiger partial charge in [0.05, 0.1) is 5.56 Å². The number of aromatic nitrogens is 2. The van der Waals surface area contributed by atoms with Gasteiger partial charge >= 0.3 is 12.1 Å². The van der Waals surface area contributed by atoms with Gasteiger partial charge in [-0.2, -0.15) is 13.2 Å². The Balaban J connectivity index is 2.33. The van der Waals surface area contributed by atoms with Crippen LogP contribution < -0.4 is 4.90 Å². The van der Waals surface area contributed by atoms with Gasteiger partial charge in [0.1, 0.15) is 5.15 Å². The fourth-order valence-corrected chi connectivity index (χ4v) is 2.84. The minimum atomic E-state index is -4.72. The van der Waals surface area contributed by atoms with Crippen molar-refractivity contribution in [1.82, 2.24) is 9.38 Å². The Labute approximate surface area is 151 Å². The summed E-state index contributed by atoms with van der Waals surface area (Å²) in [6.07, 6.45) is -3.37. The number of fused-ring (bicyclic) bond motifs is 1. The summed E-state index contributed by atoms with van der Waals surface area (Å²) in [4.78, 5) is 16.6. The molecule has 5 nitrogen and oxygen atoms in total. The minimum absolute atomic E-state index is 0.241. The molecular weight excluding hydrogens is 371 g/mol. The van der Waals surface area contributed by atoms with Crippen molar-refractivity contribution in [3.8, 4) is 11.1 Å². The Morgan fingerprint density at radius 1 is 1.23 bits per heavy atom. The molecule has 9 heteroatoms. The molecule has 1 N–H and O–H groups in total. The quantitative estimate of drug-likeness (QED) is 0.726. The molecule has 0 aliphatic carbocycles. The van der Waals surface area contributed by atoms with Gasteiger partial charge in [-0.1, -0.05) is 23.7 Å². The van der Waals surface area contributed by atoms with Crippen LogP contribution in [-0.4, -0.2) is 34.6 Å². The lowest BCUT2D eigenvalue weighted by Crippen LogP contribution is -2.09. The van der Waals surface area contributed by atoms with Gasteiger partial charge < -0.3 is 10.0 Å². The van der Waals surface area contributed by atoms with E-state index in [9.17, 15) is 18.0 Å². The van der Waals surface area contributed by atoms with E-state index in [2.05, 4.69) is 4.98 Å². The SMILES string of the molecule is CN(C)c1cccc(-c2cc(C(F)(F)F)c3nc(C(=O)O)c(Cl)n3c2)c1. The second-order valence-corrected chi connectivity index (χ2v) is 6.19. The highest BCUT2D eigenvalue weighted by atomic mass is 35.5. The van der Waals surface area contributed by atoms with E-state index in [1.807, 2.05) is 25.1 Å². The molecule has 0 bridgehead atoms. The molecule has 3 aromatic rings. The highest BCUT2D eigenvalue weighted by molar-refractivity contribution is 6.32. The lowest BCUT2D eigenvalue weighted by molar-refractivity contribution is -0.136. The van der Waals surface area contributed by atoms with Crippen molar-refractivity contribution in [2.45, 2.75) is 6.18 Å². The van der Waals surface area contributed by atoms with E-state index in [4.69, 9.17) is 16.7 Å². The van der Waals surface area contributed by atoms with Gasteiger partial charge in [0.2, 0.25) is 0 Å². The van der Waals surface area contributed by atoms with E-state index in [1.165, 1.54) is 6.20 Å². The van der Waals surface area contributed by atoms with Crippen LogP contribution in [0.2, 0.25) is 5.15 Å². The lowest BCUT2D eigenvalue weighted by atomic mass is 10.0. The highest BCUT2D eigenvalue weighted by Crippen LogP contribution is 2.37. The van der Waals surface area contributed by atoms with Gasteiger partial charge in [-0.25, -0.2) is 9.78 Å². The molecule has 136 valence electrons. The first kappa shape index (κ1) is 18.1. The van der Waals surface area contributed by atoms with E-state index in [1.54, 1.807) is 18.2 Å². The maximum Gasteiger partial charge on any atom is 0.420 e. The number of imidazole rings is 1.